The molecule has 10 heteroatoms. The molecule has 2 aromatic rings. The van der Waals surface area contributed by atoms with Crippen LogP contribution in [0.3, 0.4) is 0 Å². The number of esters is 1. The van der Waals surface area contributed by atoms with Gasteiger partial charge in [0.25, 0.3) is 11.8 Å². The van der Waals surface area contributed by atoms with Gasteiger partial charge < -0.3 is 14.8 Å². The van der Waals surface area contributed by atoms with Crippen LogP contribution in [0.15, 0.2) is 36.4 Å². The summed E-state index contributed by atoms with van der Waals surface area (Å²) in [6, 6.07) is 8.57. The summed E-state index contributed by atoms with van der Waals surface area (Å²) in [5.74, 6) is -1.76. The second-order valence-corrected chi connectivity index (χ2v) is 13.3. The van der Waals surface area contributed by atoms with Gasteiger partial charge in [0.05, 0.1) is 23.1 Å². The molecule has 3 aliphatic rings. The molecule has 242 valence electrons. The van der Waals surface area contributed by atoms with Gasteiger partial charge in [-0.15, -0.1) is 0 Å². The van der Waals surface area contributed by atoms with Gasteiger partial charge in [-0.05, 0) is 69.1 Å². The topological polar surface area (TPSA) is 127 Å². The first kappa shape index (κ1) is 32.8. The Labute approximate surface area is 265 Å². The lowest BCUT2D eigenvalue weighted by atomic mass is 9.72. The van der Waals surface area contributed by atoms with E-state index in [-0.39, 0.29) is 36.1 Å². The SMILES string of the molecule is COC1CCC2(/C=C/c3ccc4ccc(nc4c3)[C@@H](C)CC(=O)[C@@H]3CCCN(N3)C(=O)[C@H](C)NC(=O)C(C(C)C)OC2=O)CC1. The Balaban J connectivity index is 1.53. The number of rotatable bonds is 2. The van der Waals surface area contributed by atoms with Crippen LogP contribution >= 0.6 is 0 Å². The monoisotopic (exact) mass is 618 g/mol. The van der Waals surface area contributed by atoms with Crippen molar-refractivity contribution in [1.29, 1.82) is 0 Å². The Morgan fingerprint density at radius 3 is 2.49 bits per heavy atom. The zero-order chi connectivity index (χ0) is 32.3. The third-order valence-electron chi connectivity index (χ3n) is 9.58. The molecule has 3 heterocycles. The van der Waals surface area contributed by atoms with Gasteiger partial charge >= 0.3 is 5.97 Å². The molecule has 4 atom stereocenters. The third-order valence-corrected chi connectivity index (χ3v) is 9.58. The predicted octanol–water partition coefficient (Wildman–Crippen LogP) is 4.47. The van der Waals surface area contributed by atoms with Crippen molar-refractivity contribution in [3.05, 3.63) is 47.7 Å². The Hall–Kier alpha value is -3.63. The zero-order valence-electron chi connectivity index (χ0n) is 27.0. The van der Waals surface area contributed by atoms with Crippen LogP contribution in [0.5, 0.6) is 0 Å². The number of nitrogens with zero attached hydrogens (tertiary/aromatic N) is 2. The number of fused-ring (bicyclic) bond motifs is 4. The quantitative estimate of drug-likeness (QED) is 0.473. The van der Waals surface area contributed by atoms with E-state index in [0.717, 1.165) is 22.2 Å². The van der Waals surface area contributed by atoms with E-state index < -0.39 is 35.5 Å². The Morgan fingerprint density at radius 1 is 1.04 bits per heavy atom. The summed E-state index contributed by atoms with van der Waals surface area (Å²) >= 11 is 0. The minimum absolute atomic E-state index is 0.0152. The van der Waals surface area contributed by atoms with E-state index in [0.29, 0.717) is 45.1 Å². The fraction of sp³-hybridized carbons (Fsp3) is 0.571. The number of aromatic nitrogens is 1. The molecule has 1 unspecified atom stereocenters. The van der Waals surface area contributed by atoms with Crippen LogP contribution in [0.2, 0.25) is 0 Å². The summed E-state index contributed by atoms with van der Waals surface area (Å²) in [5.41, 5.74) is 4.68. The van der Waals surface area contributed by atoms with Crippen molar-refractivity contribution in [2.75, 3.05) is 13.7 Å². The number of ketones is 1. The molecule has 1 spiro atoms. The van der Waals surface area contributed by atoms with E-state index in [1.807, 2.05) is 63.3 Å². The maximum atomic E-state index is 14.0. The van der Waals surface area contributed by atoms with Gasteiger partial charge in [-0.25, -0.2) is 5.43 Å². The summed E-state index contributed by atoms with van der Waals surface area (Å²) in [7, 11) is 1.68. The van der Waals surface area contributed by atoms with Gasteiger partial charge in [0, 0.05) is 37.1 Å². The van der Waals surface area contributed by atoms with Gasteiger partial charge in [0.2, 0.25) is 0 Å². The predicted molar refractivity (Wildman–Crippen MR) is 171 cm³/mol. The summed E-state index contributed by atoms with van der Waals surface area (Å²) in [4.78, 5) is 59.2. The second-order valence-electron chi connectivity index (χ2n) is 13.3. The van der Waals surface area contributed by atoms with Crippen LogP contribution in [0.25, 0.3) is 17.0 Å². The van der Waals surface area contributed by atoms with Crippen molar-refractivity contribution < 1.29 is 28.7 Å². The number of carbonyl (C=O) groups is 4. The van der Waals surface area contributed by atoms with Crippen LogP contribution in [0.4, 0.5) is 0 Å². The number of hydrogen-bond acceptors (Lipinski definition) is 8. The summed E-state index contributed by atoms with van der Waals surface area (Å²) in [6.07, 6.45) is 6.79. The second kappa shape index (κ2) is 13.8. The lowest BCUT2D eigenvalue weighted by Gasteiger charge is -2.37. The molecular formula is C35H46N4O6. The maximum absolute atomic E-state index is 14.0. The van der Waals surface area contributed by atoms with E-state index in [2.05, 4.69) is 10.7 Å². The van der Waals surface area contributed by atoms with Crippen molar-refractivity contribution in [3.63, 3.8) is 0 Å². The van der Waals surface area contributed by atoms with E-state index in [1.165, 1.54) is 5.01 Å². The van der Waals surface area contributed by atoms with Crippen LogP contribution in [0, 0.1) is 11.3 Å². The molecule has 10 nitrogen and oxygen atoms in total. The summed E-state index contributed by atoms with van der Waals surface area (Å²) < 4.78 is 11.6. The molecular weight excluding hydrogens is 572 g/mol. The Kier molecular flexibility index (Phi) is 10.0. The number of methoxy groups -OCH3 is 1. The van der Waals surface area contributed by atoms with Crippen molar-refractivity contribution >= 4 is 40.5 Å². The molecule has 1 aromatic carbocycles. The Bertz CT molecular complexity index is 1460. The molecule has 1 aliphatic carbocycles. The minimum atomic E-state index is -1.08. The number of Topliss-reactive ketones (excluding diaryl/α,β-unsaturated/α-hetero) is 1. The Morgan fingerprint density at radius 2 is 1.78 bits per heavy atom. The van der Waals surface area contributed by atoms with Gasteiger partial charge in [0.1, 0.15) is 6.04 Å². The highest BCUT2D eigenvalue weighted by Crippen LogP contribution is 2.41. The first-order valence-electron chi connectivity index (χ1n) is 16.2. The highest BCUT2D eigenvalue weighted by molar-refractivity contribution is 5.92. The van der Waals surface area contributed by atoms with Crippen molar-refractivity contribution in [3.8, 4) is 0 Å². The molecule has 45 heavy (non-hydrogen) atoms. The first-order chi connectivity index (χ1) is 21.5. The fourth-order valence-electron chi connectivity index (χ4n) is 6.61. The van der Waals surface area contributed by atoms with Crippen molar-refractivity contribution in [2.24, 2.45) is 11.3 Å². The average molecular weight is 619 g/mol. The van der Waals surface area contributed by atoms with Crippen LogP contribution in [-0.2, 0) is 28.7 Å². The number of ether oxygens (including phenoxy) is 2. The van der Waals surface area contributed by atoms with Crippen LogP contribution < -0.4 is 10.7 Å². The molecule has 5 rings (SSSR count). The summed E-state index contributed by atoms with van der Waals surface area (Å²) in [5, 5.41) is 5.18. The molecule has 2 amide bonds. The lowest BCUT2D eigenvalue weighted by Crippen LogP contribution is -2.60. The molecule has 2 fully saturated rings. The molecule has 1 aromatic heterocycles. The number of pyridine rings is 1. The number of cyclic esters (lactones) is 1. The van der Waals surface area contributed by atoms with Crippen molar-refractivity contribution in [1.82, 2.24) is 20.7 Å². The average Bonchev–Trinajstić information content (AvgIpc) is 3.04. The first-order valence-corrected chi connectivity index (χ1v) is 16.2. The minimum Gasteiger partial charge on any atom is -0.451 e. The van der Waals surface area contributed by atoms with E-state index >= 15 is 0 Å². The van der Waals surface area contributed by atoms with Gasteiger partial charge in [-0.2, -0.15) is 0 Å². The smallest absolute Gasteiger partial charge is 0.316 e. The normalized spacial score (nSPS) is 31.2. The molecule has 0 radical (unpaired) electrons. The van der Waals surface area contributed by atoms with Gasteiger partial charge in [-0.1, -0.05) is 51.1 Å². The number of hydrogen-bond donors (Lipinski definition) is 2. The molecule has 1 saturated heterocycles. The van der Waals surface area contributed by atoms with E-state index in [9.17, 15) is 19.2 Å². The van der Waals surface area contributed by atoms with Gasteiger partial charge in [-0.3, -0.25) is 29.2 Å². The molecule has 1 saturated carbocycles. The highest BCUT2D eigenvalue weighted by Gasteiger charge is 2.44. The van der Waals surface area contributed by atoms with Crippen molar-refractivity contribution in [2.45, 2.75) is 103 Å². The molecule has 2 N–H and O–H groups in total. The maximum Gasteiger partial charge on any atom is 0.316 e. The highest BCUT2D eigenvalue weighted by atomic mass is 16.6. The fourth-order valence-corrected chi connectivity index (χ4v) is 6.61. The number of hydrazine groups is 1. The number of benzene rings is 1. The lowest BCUT2D eigenvalue weighted by molar-refractivity contribution is -0.169. The largest absolute Gasteiger partial charge is 0.451 e. The zero-order valence-corrected chi connectivity index (χ0v) is 27.0. The molecule has 2 aliphatic heterocycles. The summed E-state index contributed by atoms with van der Waals surface area (Å²) in [6.45, 7) is 7.65. The molecule has 5 bridgehead atoms. The van der Waals surface area contributed by atoms with Crippen LogP contribution in [-0.4, -0.2) is 71.5 Å². The number of amides is 2. The van der Waals surface area contributed by atoms with Gasteiger partial charge in [0.15, 0.2) is 11.9 Å². The third kappa shape index (κ3) is 7.28. The van der Waals surface area contributed by atoms with Crippen LogP contribution in [0.1, 0.15) is 89.8 Å². The van der Waals surface area contributed by atoms with E-state index in [1.54, 1.807) is 14.0 Å². The number of carbonyl (C=O) groups excluding carboxylic acids is 4. The van der Waals surface area contributed by atoms with E-state index in [4.69, 9.17) is 14.5 Å². The number of nitrogens with one attached hydrogen (secondary N) is 2. The standard InChI is InChI=1S/C35H46N4O6/c1-21(2)31-32(41)36-23(4)33(42)39-18-6-7-28(38-39)30(40)19-22(3)27-11-10-25-9-8-24(20-29(25)37-27)12-15-35(34(43)45-31)16-13-26(44-5)14-17-35/h8-12,15,20-23,26,28,31,38H,6-7,13-14,16-19H2,1-5H3,(H,36,41)/b15-12+/t22-,23-,26?,28-,31?,35?/m0/s1.